The predicted molar refractivity (Wildman–Crippen MR) is 111 cm³/mol. The molecule has 4 rings (SSSR count). The summed E-state index contributed by atoms with van der Waals surface area (Å²) in [5, 5.41) is 0.668. The Morgan fingerprint density at radius 1 is 0.926 bits per heavy atom. The molecule has 3 heterocycles. The lowest BCUT2D eigenvalue weighted by Gasteiger charge is -2.37. The van der Waals surface area contributed by atoms with Gasteiger partial charge in [-0.3, -0.25) is 9.80 Å². The van der Waals surface area contributed by atoms with Crippen molar-refractivity contribution in [3.8, 4) is 0 Å². The second-order valence-corrected chi connectivity index (χ2v) is 8.88. The maximum atomic E-state index is 6.45. The third kappa shape index (κ3) is 5.51. The van der Waals surface area contributed by atoms with Gasteiger partial charge in [-0.05, 0) is 31.2 Å². The van der Waals surface area contributed by atoms with Crippen LogP contribution in [-0.2, 0) is 17.8 Å². The number of nitrogens with two attached hydrogens (primary N) is 1. The lowest BCUT2D eigenvalue weighted by atomic mass is 10.0. The fourth-order valence-corrected chi connectivity index (χ4v) is 4.86. The molecule has 0 saturated carbocycles. The number of nitrogen functional groups attached to an aromatic ring is 1. The normalized spacial score (nSPS) is 20.9. The van der Waals surface area contributed by atoms with Gasteiger partial charge in [0, 0.05) is 50.3 Å². The van der Waals surface area contributed by atoms with Crippen LogP contribution < -0.4 is 5.73 Å². The molecule has 27 heavy (non-hydrogen) atoms. The molecule has 0 amide bonds. The molecule has 2 N–H and O–H groups in total. The third-order valence-corrected chi connectivity index (χ3v) is 6.47. The van der Waals surface area contributed by atoms with E-state index in [-0.39, 0.29) is 0 Å². The average molecular weight is 387 g/mol. The van der Waals surface area contributed by atoms with E-state index in [1.165, 1.54) is 10.4 Å². The zero-order valence-electron chi connectivity index (χ0n) is 15.9. The molecule has 0 unspecified atom stereocenters. The Labute approximate surface area is 166 Å². The molecule has 0 aliphatic carbocycles. The molecule has 6 heteroatoms. The van der Waals surface area contributed by atoms with E-state index in [9.17, 15) is 0 Å². The topological polar surface area (TPSA) is 54.6 Å². The van der Waals surface area contributed by atoms with Gasteiger partial charge in [-0.1, -0.05) is 30.3 Å². The van der Waals surface area contributed by atoms with Gasteiger partial charge in [0.1, 0.15) is 0 Å². The number of hydrogen-bond donors (Lipinski definition) is 1. The highest BCUT2D eigenvalue weighted by atomic mass is 32.1. The Kier molecular flexibility index (Phi) is 6.39. The summed E-state index contributed by atoms with van der Waals surface area (Å²) >= 11 is 1.60. The molecule has 2 aliphatic rings. The summed E-state index contributed by atoms with van der Waals surface area (Å²) in [4.78, 5) is 10.5. The van der Waals surface area contributed by atoms with Crippen LogP contribution in [0.2, 0.25) is 0 Å². The van der Waals surface area contributed by atoms with Crippen molar-refractivity contribution >= 4 is 16.5 Å². The Bertz CT molecular complexity index is 691. The van der Waals surface area contributed by atoms with Gasteiger partial charge < -0.3 is 10.5 Å². The molecule has 0 atom stereocenters. The van der Waals surface area contributed by atoms with E-state index in [1.807, 2.05) is 6.20 Å². The van der Waals surface area contributed by atoms with E-state index in [1.54, 1.807) is 11.3 Å². The first kappa shape index (κ1) is 18.9. The minimum absolute atomic E-state index is 0.429. The van der Waals surface area contributed by atoms with Crippen LogP contribution in [0.3, 0.4) is 0 Å². The van der Waals surface area contributed by atoms with Crippen LogP contribution >= 0.6 is 11.3 Å². The highest BCUT2D eigenvalue weighted by Gasteiger charge is 2.26. The van der Waals surface area contributed by atoms with E-state index in [4.69, 9.17) is 10.5 Å². The SMILES string of the molecule is Nc1ncc(CN2CCC(OC3CCN(Cc4ccccc4)CC3)CC2)s1. The second-order valence-electron chi connectivity index (χ2n) is 7.74. The van der Waals surface area contributed by atoms with Gasteiger partial charge in [-0.25, -0.2) is 4.98 Å². The van der Waals surface area contributed by atoms with Gasteiger partial charge in [0.2, 0.25) is 0 Å². The summed E-state index contributed by atoms with van der Waals surface area (Å²) in [5.74, 6) is 0. The first-order chi connectivity index (χ1) is 13.2. The van der Waals surface area contributed by atoms with Crippen LogP contribution in [0.25, 0.3) is 0 Å². The highest BCUT2D eigenvalue weighted by Crippen LogP contribution is 2.24. The highest BCUT2D eigenvalue weighted by molar-refractivity contribution is 7.15. The van der Waals surface area contributed by atoms with Crippen molar-refractivity contribution in [2.45, 2.75) is 51.0 Å². The number of nitrogens with zero attached hydrogens (tertiary/aromatic N) is 3. The summed E-state index contributed by atoms with van der Waals surface area (Å²) < 4.78 is 6.45. The molecule has 0 radical (unpaired) electrons. The van der Waals surface area contributed by atoms with E-state index >= 15 is 0 Å². The Morgan fingerprint density at radius 3 is 2.07 bits per heavy atom. The zero-order valence-corrected chi connectivity index (χ0v) is 16.7. The Balaban J connectivity index is 1.15. The first-order valence-corrected chi connectivity index (χ1v) is 10.9. The summed E-state index contributed by atoms with van der Waals surface area (Å²) in [6.07, 6.45) is 7.37. The number of aromatic nitrogens is 1. The standard InChI is InChI=1S/C21H30N4OS/c22-21-23-14-20(27-21)16-25-12-8-19(9-13-25)26-18-6-10-24(11-7-18)15-17-4-2-1-3-5-17/h1-5,14,18-19H,6-13,15-16H2,(H2,22,23). The van der Waals surface area contributed by atoms with Crippen LogP contribution in [0.4, 0.5) is 5.13 Å². The summed E-state index contributed by atoms with van der Waals surface area (Å²) in [6.45, 7) is 6.54. The number of hydrogen-bond acceptors (Lipinski definition) is 6. The Morgan fingerprint density at radius 2 is 1.52 bits per heavy atom. The van der Waals surface area contributed by atoms with Crippen molar-refractivity contribution in [1.82, 2.24) is 14.8 Å². The van der Waals surface area contributed by atoms with Gasteiger partial charge in [0.05, 0.1) is 12.2 Å². The van der Waals surface area contributed by atoms with Crippen LogP contribution in [0, 0.1) is 0 Å². The van der Waals surface area contributed by atoms with E-state index in [0.717, 1.165) is 65.0 Å². The third-order valence-electron chi connectivity index (χ3n) is 5.65. The van der Waals surface area contributed by atoms with Crippen molar-refractivity contribution in [3.63, 3.8) is 0 Å². The molecular weight excluding hydrogens is 356 g/mol. The van der Waals surface area contributed by atoms with Crippen molar-refractivity contribution in [2.75, 3.05) is 31.9 Å². The lowest BCUT2D eigenvalue weighted by molar-refractivity contribution is -0.0663. The fourth-order valence-electron chi connectivity index (χ4n) is 4.14. The smallest absolute Gasteiger partial charge is 0.180 e. The maximum absolute atomic E-state index is 6.45. The van der Waals surface area contributed by atoms with Crippen molar-refractivity contribution in [2.24, 2.45) is 0 Å². The molecule has 2 saturated heterocycles. The molecule has 2 aliphatic heterocycles. The monoisotopic (exact) mass is 386 g/mol. The van der Waals surface area contributed by atoms with Crippen LogP contribution in [-0.4, -0.2) is 53.2 Å². The van der Waals surface area contributed by atoms with Crippen LogP contribution in [0.5, 0.6) is 0 Å². The molecule has 0 spiro atoms. The molecule has 5 nitrogen and oxygen atoms in total. The number of likely N-dealkylation sites (tertiary alicyclic amines) is 2. The fraction of sp³-hybridized carbons (Fsp3) is 0.571. The van der Waals surface area contributed by atoms with Crippen LogP contribution in [0.1, 0.15) is 36.1 Å². The molecular formula is C21H30N4OS. The van der Waals surface area contributed by atoms with Crippen molar-refractivity contribution < 1.29 is 4.74 Å². The number of anilines is 1. The quantitative estimate of drug-likeness (QED) is 0.825. The van der Waals surface area contributed by atoms with E-state index in [0.29, 0.717) is 17.3 Å². The van der Waals surface area contributed by atoms with Gasteiger partial charge in [-0.2, -0.15) is 0 Å². The molecule has 146 valence electrons. The van der Waals surface area contributed by atoms with Crippen LogP contribution in [0.15, 0.2) is 36.5 Å². The average Bonchev–Trinajstić information content (AvgIpc) is 3.10. The summed E-state index contributed by atoms with van der Waals surface area (Å²) in [6, 6.07) is 10.8. The minimum atomic E-state index is 0.429. The number of piperidine rings is 2. The predicted octanol–water partition coefficient (Wildman–Crippen LogP) is 3.37. The second kappa shape index (κ2) is 9.15. The van der Waals surface area contributed by atoms with Crippen molar-refractivity contribution in [1.29, 1.82) is 0 Å². The Hall–Kier alpha value is -1.47. The molecule has 2 aromatic rings. The van der Waals surface area contributed by atoms with Gasteiger partial charge in [0.25, 0.3) is 0 Å². The molecule has 1 aromatic heterocycles. The molecule has 1 aromatic carbocycles. The lowest BCUT2D eigenvalue weighted by Crippen LogP contribution is -2.41. The summed E-state index contributed by atoms with van der Waals surface area (Å²) in [5.41, 5.74) is 7.14. The molecule has 0 bridgehead atoms. The van der Waals surface area contributed by atoms with Gasteiger partial charge in [0.15, 0.2) is 5.13 Å². The number of thiazole rings is 1. The zero-order chi connectivity index (χ0) is 18.5. The summed E-state index contributed by atoms with van der Waals surface area (Å²) in [7, 11) is 0. The van der Waals surface area contributed by atoms with Gasteiger partial charge >= 0.3 is 0 Å². The molecule has 2 fully saturated rings. The number of ether oxygens (including phenoxy) is 1. The van der Waals surface area contributed by atoms with E-state index < -0.39 is 0 Å². The number of benzene rings is 1. The maximum Gasteiger partial charge on any atom is 0.180 e. The largest absolute Gasteiger partial charge is 0.375 e. The van der Waals surface area contributed by atoms with Gasteiger partial charge in [-0.15, -0.1) is 11.3 Å². The minimum Gasteiger partial charge on any atom is -0.375 e. The van der Waals surface area contributed by atoms with Crippen molar-refractivity contribution in [3.05, 3.63) is 47.0 Å². The first-order valence-electron chi connectivity index (χ1n) is 10.1. The van der Waals surface area contributed by atoms with E-state index in [2.05, 4.69) is 45.1 Å². The number of rotatable bonds is 6.